The van der Waals surface area contributed by atoms with Gasteiger partial charge >= 0.3 is 6.29 Å². The van der Waals surface area contributed by atoms with E-state index in [1.165, 1.54) is 12.1 Å². The van der Waals surface area contributed by atoms with Crippen molar-refractivity contribution in [2.24, 2.45) is 0 Å². The molecule has 1 aliphatic heterocycles. The molecule has 0 radical (unpaired) electrons. The van der Waals surface area contributed by atoms with Gasteiger partial charge in [0.1, 0.15) is 0 Å². The maximum absolute atomic E-state index is 12.9. The first-order chi connectivity index (χ1) is 9.43. The molecule has 0 bridgehead atoms. The lowest BCUT2D eigenvalue weighted by Crippen LogP contribution is -2.25. The van der Waals surface area contributed by atoms with Crippen LogP contribution < -0.4 is 20.5 Å². The van der Waals surface area contributed by atoms with Gasteiger partial charge in [-0.1, -0.05) is 15.9 Å². The average molecular weight is 343 g/mol. The van der Waals surface area contributed by atoms with Gasteiger partial charge in [0.15, 0.2) is 11.5 Å². The molecule has 4 nitrogen and oxygen atoms in total. The Morgan fingerprint density at radius 2 is 1.80 bits per heavy atom. The fourth-order valence-corrected chi connectivity index (χ4v) is 2.18. The Bertz CT molecular complexity index is 679. The summed E-state index contributed by atoms with van der Waals surface area (Å²) in [7, 11) is 0. The Balaban J connectivity index is 1.88. The van der Waals surface area contributed by atoms with Gasteiger partial charge in [-0.15, -0.1) is 8.78 Å². The van der Waals surface area contributed by atoms with Gasteiger partial charge in [0.05, 0.1) is 11.4 Å². The van der Waals surface area contributed by atoms with Crippen LogP contribution in [0.4, 0.5) is 25.8 Å². The molecule has 1 aliphatic rings. The molecular weight excluding hydrogens is 334 g/mol. The highest BCUT2D eigenvalue weighted by Crippen LogP contribution is 2.42. The van der Waals surface area contributed by atoms with E-state index >= 15 is 0 Å². The van der Waals surface area contributed by atoms with E-state index < -0.39 is 6.29 Å². The number of alkyl halides is 2. The van der Waals surface area contributed by atoms with Gasteiger partial charge in [-0.3, -0.25) is 0 Å². The number of nitrogens with two attached hydrogens (primary N) is 1. The Morgan fingerprint density at radius 3 is 2.60 bits per heavy atom. The van der Waals surface area contributed by atoms with Crippen LogP contribution >= 0.6 is 15.9 Å². The molecule has 0 spiro atoms. The molecule has 0 saturated heterocycles. The smallest absolute Gasteiger partial charge is 0.397 e. The number of halogens is 3. The summed E-state index contributed by atoms with van der Waals surface area (Å²) in [6.45, 7) is 0. The van der Waals surface area contributed by atoms with E-state index in [1.807, 2.05) is 0 Å². The monoisotopic (exact) mass is 342 g/mol. The second-order valence-corrected chi connectivity index (χ2v) is 5.10. The molecule has 0 saturated carbocycles. The quantitative estimate of drug-likeness (QED) is 0.807. The molecule has 2 aromatic rings. The van der Waals surface area contributed by atoms with Gasteiger partial charge in [-0.2, -0.15) is 0 Å². The topological polar surface area (TPSA) is 56.5 Å². The van der Waals surface area contributed by atoms with Gasteiger partial charge in [0, 0.05) is 16.2 Å². The van der Waals surface area contributed by atoms with Crippen molar-refractivity contribution < 1.29 is 18.3 Å². The maximum atomic E-state index is 12.9. The number of ether oxygens (including phenoxy) is 2. The van der Waals surface area contributed by atoms with E-state index in [9.17, 15) is 8.78 Å². The predicted molar refractivity (Wildman–Crippen MR) is 74.5 cm³/mol. The second-order valence-electron chi connectivity index (χ2n) is 4.19. The van der Waals surface area contributed by atoms with Crippen molar-refractivity contribution in [2.45, 2.75) is 6.29 Å². The van der Waals surface area contributed by atoms with Crippen molar-refractivity contribution in [1.82, 2.24) is 0 Å². The number of nitrogen functional groups attached to an aromatic ring is 1. The third-order valence-electron chi connectivity index (χ3n) is 2.70. The number of nitrogens with one attached hydrogen (secondary N) is 1. The van der Waals surface area contributed by atoms with Crippen molar-refractivity contribution in [3.8, 4) is 11.5 Å². The molecule has 20 heavy (non-hydrogen) atoms. The molecule has 0 amide bonds. The number of anilines is 3. The summed E-state index contributed by atoms with van der Waals surface area (Å²) in [6.07, 6.45) is -3.62. The molecule has 7 heteroatoms. The summed E-state index contributed by atoms with van der Waals surface area (Å²) >= 11 is 3.33. The summed E-state index contributed by atoms with van der Waals surface area (Å²) in [5.74, 6) is -0.0173. The van der Waals surface area contributed by atoms with E-state index in [0.717, 1.165) is 4.47 Å². The number of hydrogen-bond acceptors (Lipinski definition) is 4. The highest BCUT2D eigenvalue weighted by Gasteiger charge is 2.43. The Morgan fingerprint density at radius 1 is 1.05 bits per heavy atom. The SMILES string of the molecule is Nc1ccc(Br)cc1Nc1ccc2c(c1)OC(F)(F)O2. The van der Waals surface area contributed by atoms with Crippen LogP contribution in [0.2, 0.25) is 0 Å². The molecule has 0 aromatic heterocycles. The highest BCUT2D eigenvalue weighted by atomic mass is 79.9. The van der Waals surface area contributed by atoms with Crippen molar-refractivity contribution >= 4 is 33.0 Å². The van der Waals surface area contributed by atoms with E-state index in [0.29, 0.717) is 17.1 Å². The molecule has 0 unspecified atom stereocenters. The standard InChI is InChI=1S/C13H9BrF2N2O2/c14-7-1-3-9(17)10(5-7)18-8-2-4-11-12(6-8)20-13(15,16)19-11/h1-6,18H,17H2. The zero-order valence-corrected chi connectivity index (χ0v) is 11.6. The second kappa shape index (κ2) is 4.52. The van der Waals surface area contributed by atoms with Crippen LogP contribution in [0.5, 0.6) is 11.5 Å². The summed E-state index contributed by atoms with van der Waals surface area (Å²) < 4.78 is 35.4. The minimum Gasteiger partial charge on any atom is -0.397 e. The molecule has 1 heterocycles. The van der Waals surface area contributed by atoms with Crippen molar-refractivity contribution in [3.05, 3.63) is 40.9 Å². The zero-order valence-electron chi connectivity index (χ0n) is 9.99. The summed E-state index contributed by atoms with van der Waals surface area (Å²) in [5, 5.41) is 3.03. The Hall–Kier alpha value is -2.02. The summed E-state index contributed by atoms with van der Waals surface area (Å²) in [6, 6.07) is 9.76. The Kier molecular flexibility index (Phi) is 2.93. The van der Waals surface area contributed by atoms with E-state index in [4.69, 9.17) is 5.73 Å². The van der Waals surface area contributed by atoms with Crippen molar-refractivity contribution in [1.29, 1.82) is 0 Å². The maximum Gasteiger partial charge on any atom is 0.586 e. The van der Waals surface area contributed by atoms with Crippen LogP contribution in [0, 0.1) is 0 Å². The molecule has 2 aromatic carbocycles. The molecule has 0 atom stereocenters. The van der Waals surface area contributed by atoms with Crippen LogP contribution in [-0.4, -0.2) is 6.29 Å². The van der Waals surface area contributed by atoms with Gasteiger partial charge < -0.3 is 20.5 Å². The van der Waals surface area contributed by atoms with Crippen LogP contribution in [-0.2, 0) is 0 Å². The fourth-order valence-electron chi connectivity index (χ4n) is 1.82. The number of benzene rings is 2. The minimum atomic E-state index is -3.62. The largest absolute Gasteiger partial charge is 0.586 e. The molecular formula is C13H9BrF2N2O2. The molecule has 0 fully saturated rings. The third-order valence-corrected chi connectivity index (χ3v) is 3.19. The predicted octanol–water partition coefficient (Wildman–Crippen LogP) is 4.10. The number of fused-ring (bicyclic) bond motifs is 1. The van der Waals surface area contributed by atoms with Crippen LogP contribution in [0.3, 0.4) is 0 Å². The van der Waals surface area contributed by atoms with Gasteiger partial charge in [-0.25, -0.2) is 0 Å². The number of hydrogen-bond donors (Lipinski definition) is 2. The van der Waals surface area contributed by atoms with E-state index in [2.05, 4.69) is 30.7 Å². The van der Waals surface area contributed by atoms with Gasteiger partial charge in [0.25, 0.3) is 0 Å². The normalized spacial score (nSPS) is 15.2. The van der Waals surface area contributed by atoms with E-state index in [1.54, 1.807) is 24.3 Å². The first-order valence-electron chi connectivity index (χ1n) is 5.65. The van der Waals surface area contributed by atoms with Crippen LogP contribution in [0.15, 0.2) is 40.9 Å². The lowest BCUT2D eigenvalue weighted by Gasteiger charge is -2.10. The molecule has 104 valence electrons. The molecule has 3 rings (SSSR count). The molecule has 0 aliphatic carbocycles. The van der Waals surface area contributed by atoms with Crippen LogP contribution in [0.25, 0.3) is 0 Å². The Labute approximate surface area is 121 Å². The van der Waals surface area contributed by atoms with Gasteiger partial charge in [-0.05, 0) is 30.3 Å². The highest BCUT2D eigenvalue weighted by molar-refractivity contribution is 9.10. The minimum absolute atomic E-state index is 0.00256. The lowest BCUT2D eigenvalue weighted by molar-refractivity contribution is -0.286. The lowest BCUT2D eigenvalue weighted by atomic mass is 10.2. The first kappa shape index (κ1) is 13.0. The molecule has 3 N–H and O–H groups in total. The van der Waals surface area contributed by atoms with Crippen LogP contribution in [0.1, 0.15) is 0 Å². The number of rotatable bonds is 2. The summed E-state index contributed by atoms with van der Waals surface area (Å²) in [4.78, 5) is 0. The summed E-state index contributed by atoms with van der Waals surface area (Å²) in [5.41, 5.74) is 7.59. The van der Waals surface area contributed by atoms with Crippen molar-refractivity contribution in [3.63, 3.8) is 0 Å². The van der Waals surface area contributed by atoms with E-state index in [-0.39, 0.29) is 11.5 Å². The van der Waals surface area contributed by atoms with Gasteiger partial charge in [0.2, 0.25) is 0 Å². The first-order valence-corrected chi connectivity index (χ1v) is 6.44. The van der Waals surface area contributed by atoms with Crippen molar-refractivity contribution in [2.75, 3.05) is 11.1 Å². The third kappa shape index (κ3) is 2.49. The average Bonchev–Trinajstić information content (AvgIpc) is 2.67. The zero-order chi connectivity index (χ0) is 14.3. The fraction of sp³-hybridized carbons (Fsp3) is 0.0769.